The molecule has 7 heteroatoms. The predicted molar refractivity (Wildman–Crippen MR) is 110 cm³/mol. The molecular formula is C21H10ClNO4S. The van der Waals surface area contributed by atoms with Crippen LogP contribution < -0.4 is 11.3 Å². The molecule has 136 valence electrons. The second-order valence-electron chi connectivity index (χ2n) is 6.15. The van der Waals surface area contributed by atoms with Gasteiger partial charge in [0.1, 0.15) is 16.2 Å². The van der Waals surface area contributed by atoms with E-state index >= 15 is 0 Å². The average Bonchev–Trinajstić information content (AvgIpc) is 3.16. The van der Waals surface area contributed by atoms with Crippen molar-refractivity contribution in [1.82, 2.24) is 4.98 Å². The molecule has 0 saturated heterocycles. The van der Waals surface area contributed by atoms with Crippen LogP contribution in [0.1, 0.15) is 0 Å². The largest absolute Gasteiger partial charge is 0.422 e. The Kier molecular flexibility index (Phi) is 3.89. The summed E-state index contributed by atoms with van der Waals surface area (Å²) in [7, 11) is 0. The van der Waals surface area contributed by atoms with Crippen molar-refractivity contribution in [1.29, 1.82) is 0 Å². The summed E-state index contributed by atoms with van der Waals surface area (Å²) in [6, 6.07) is 15.8. The average molecular weight is 408 g/mol. The number of thiazole rings is 1. The lowest BCUT2D eigenvalue weighted by Crippen LogP contribution is -2.04. The Morgan fingerprint density at radius 2 is 1.54 bits per heavy atom. The standard InChI is InChI=1S/C21H10ClNO4S/c22-13-6-5-12-8-15(21(25)27-18(12)9-13)19-23-16(10-28-19)14-7-11-3-1-2-4-17(11)26-20(14)24/h1-10H. The number of benzene rings is 2. The van der Waals surface area contributed by atoms with E-state index in [2.05, 4.69) is 4.98 Å². The Hall–Kier alpha value is -3.22. The molecule has 0 radical (unpaired) electrons. The molecule has 0 amide bonds. The summed E-state index contributed by atoms with van der Waals surface area (Å²) < 4.78 is 10.7. The van der Waals surface area contributed by atoms with Gasteiger partial charge in [-0.1, -0.05) is 29.8 Å². The summed E-state index contributed by atoms with van der Waals surface area (Å²) in [5.74, 6) is 0. The number of para-hydroxylation sites is 1. The van der Waals surface area contributed by atoms with Crippen molar-refractivity contribution in [3.05, 3.63) is 85.8 Å². The summed E-state index contributed by atoms with van der Waals surface area (Å²) in [4.78, 5) is 29.2. The Morgan fingerprint density at radius 3 is 2.43 bits per heavy atom. The second-order valence-corrected chi connectivity index (χ2v) is 7.45. The molecule has 0 atom stereocenters. The van der Waals surface area contributed by atoms with Crippen LogP contribution in [0.5, 0.6) is 0 Å². The molecule has 0 N–H and O–H groups in total. The third kappa shape index (κ3) is 2.83. The molecule has 0 aliphatic heterocycles. The number of fused-ring (bicyclic) bond motifs is 2. The van der Waals surface area contributed by atoms with Crippen molar-refractivity contribution >= 4 is 44.9 Å². The van der Waals surface area contributed by atoms with E-state index in [1.165, 1.54) is 11.3 Å². The molecule has 2 aromatic carbocycles. The van der Waals surface area contributed by atoms with Crippen LogP contribution >= 0.6 is 22.9 Å². The van der Waals surface area contributed by atoms with Gasteiger partial charge in [-0.05, 0) is 30.3 Å². The van der Waals surface area contributed by atoms with E-state index in [4.69, 9.17) is 20.4 Å². The molecule has 0 aliphatic carbocycles. The molecule has 0 saturated carbocycles. The summed E-state index contributed by atoms with van der Waals surface area (Å²) in [6.45, 7) is 0. The van der Waals surface area contributed by atoms with E-state index in [-0.39, 0.29) is 0 Å². The number of hydrogen-bond donors (Lipinski definition) is 0. The molecule has 5 nitrogen and oxygen atoms in total. The smallest absolute Gasteiger partial charge is 0.346 e. The van der Waals surface area contributed by atoms with E-state index < -0.39 is 11.3 Å². The summed E-state index contributed by atoms with van der Waals surface area (Å²) >= 11 is 7.20. The molecule has 5 aromatic rings. The Labute approximate surface area is 166 Å². The van der Waals surface area contributed by atoms with Crippen molar-refractivity contribution in [2.75, 3.05) is 0 Å². The van der Waals surface area contributed by atoms with E-state index in [0.717, 1.165) is 10.8 Å². The Balaban J connectivity index is 1.64. The van der Waals surface area contributed by atoms with Crippen LogP contribution in [0.15, 0.2) is 78.4 Å². The van der Waals surface area contributed by atoms with Gasteiger partial charge in [0.2, 0.25) is 0 Å². The molecule has 0 aliphatic rings. The van der Waals surface area contributed by atoms with Crippen molar-refractivity contribution in [2.24, 2.45) is 0 Å². The second kappa shape index (κ2) is 6.44. The highest BCUT2D eigenvalue weighted by atomic mass is 35.5. The minimum Gasteiger partial charge on any atom is -0.422 e. The van der Waals surface area contributed by atoms with E-state index in [9.17, 15) is 9.59 Å². The first-order chi connectivity index (χ1) is 13.6. The topological polar surface area (TPSA) is 73.3 Å². The molecular weight excluding hydrogens is 398 g/mol. The number of aromatic nitrogens is 1. The quantitative estimate of drug-likeness (QED) is 0.369. The maximum absolute atomic E-state index is 12.4. The van der Waals surface area contributed by atoms with Gasteiger partial charge in [-0.25, -0.2) is 14.6 Å². The van der Waals surface area contributed by atoms with Crippen LogP contribution in [-0.4, -0.2) is 4.98 Å². The first-order valence-electron chi connectivity index (χ1n) is 8.31. The molecule has 0 spiro atoms. The van der Waals surface area contributed by atoms with Gasteiger partial charge >= 0.3 is 11.3 Å². The van der Waals surface area contributed by atoms with Crippen molar-refractivity contribution in [2.45, 2.75) is 0 Å². The summed E-state index contributed by atoms with van der Waals surface area (Å²) in [5, 5.41) is 4.22. The third-order valence-electron chi connectivity index (χ3n) is 4.35. The van der Waals surface area contributed by atoms with Gasteiger partial charge in [-0.2, -0.15) is 0 Å². The van der Waals surface area contributed by atoms with Gasteiger partial charge in [-0.15, -0.1) is 11.3 Å². The first kappa shape index (κ1) is 16.9. The minimum atomic E-state index is -0.513. The predicted octanol–water partition coefficient (Wildman–Crippen LogP) is 5.34. The minimum absolute atomic E-state index is 0.330. The zero-order valence-corrected chi connectivity index (χ0v) is 15.7. The van der Waals surface area contributed by atoms with Gasteiger partial charge < -0.3 is 8.83 Å². The molecule has 28 heavy (non-hydrogen) atoms. The maximum Gasteiger partial charge on any atom is 0.346 e. The van der Waals surface area contributed by atoms with Crippen LogP contribution in [0.3, 0.4) is 0 Å². The molecule has 3 aromatic heterocycles. The van der Waals surface area contributed by atoms with Crippen LogP contribution in [0, 0.1) is 0 Å². The van der Waals surface area contributed by atoms with E-state index in [1.807, 2.05) is 12.1 Å². The van der Waals surface area contributed by atoms with E-state index in [1.54, 1.807) is 47.8 Å². The van der Waals surface area contributed by atoms with Gasteiger partial charge in [0, 0.05) is 27.2 Å². The fraction of sp³-hybridized carbons (Fsp3) is 0. The Morgan fingerprint density at radius 1 is 0.821 bits per heavy atom. The number of halogens is 1. The molecule has 3 heterocycles. The SMILES string of the molecule is O=c1oc2ccccc2cc1-c1csc(-c2cc3ccc(Cl)cc3oc2=O)n1. The normalized spacial score (nSPS) is 11.3. The van der Waals surface area contributed by atoms with Gasteiger partial charge in [0.15, 0.2) is 0 Å². The van der Waals surface area contributed by atoms with Crippen molar-refractivity contribution in [3.8, 4) is 21.8 Å². The fourth-order valence-corrected chi connectivity index (χ4v) is 3.98. The number of hydrogen-bond acceptors (Lipinski definition) is 6. The molecule has 0 unspecified atom stereocenters. The van der Waals surface area contributed by atoms with Gasteiger partial charge in [0.05, 0.1) is 16.8 Å². The molecule has 0 bridgehead atoms. The first-order valence-corrected chi connectivity index (χ1v) is 9.57. The lowest BCUT2D eigenvalue weighted by atomic mass is 10.1. The zero-order valence-electron chi connectivity index (χ0n) is 14.1. The summed E-state index contributed by atoms with van der Waals surface area (Å²) in [6.07, 6.45) is 0. The third-order valence-corrected chi connectivity index (χ3v) is 5.46. The van der Waals surface area contributed by atoms with Crippen LogP contribution in [0.4, 0.5) is 0 Å². The fourth-order valence-electron chi connectivity index (χ4n) is 3.00. The van der Waals surface area contributed by atoms with Crippen LogP contribution in [-0.2, 0) is 0 Å². The maximum atomic E-state index is 12.4. The van der Waals surface area contributed by atoms with Crippen LogP contribution in [0.2, 0.25) is 5.02 Å². The lowest BCUT2D eigenvalue weighted by molar-refractivity contribution is 0.563. The highest BCUT2D eigenvalue weighted by Crippen LogP contribution is 2.29. The monoisotopic (exact) mass is 407 g/mol. The van der Waals surface area contributed by atoms with Gasteiger partial charge in [-0.3, -0.25) is 0 Å². The van der Waals surface area contributed by atoms with Gasteiger partial charge in [0.25, 0.3) is 0 Å². The lowest BCUT2D eigenvalue weighted by Gasteiger charge is -2.00. The highest BCUT2D eigenvalue weighted by Gasteiger charge is 2.15. The number of nitrogens with zero attached hydrogens (tertiary/aromatic N) is 1. The zero-order chi connectivity index (χ0) is 19.3. The number of rotatable bonds is 2. The summed E-state index contributed by atoms with van der Waals surface area (Å²) in [5.41, 5.74) is 1.07. The highest BCUT2D eigenvalue weighted by molar-refractivity contribution is 7.13. The Bertz CT molecular complexity index is 1480. The molecule has 5 rings (SSSR count). The van der Waals surface area contributed by atoms with Crippen LogP contribution in [0.25, 0.3) is 43.8 Å². The van der Waals surface area contributed by atoms with E-state index in [0.29, 0.717) is 38.0 Å². The van der Waals surface area contributed by atoms with Crippen molar-refractivity contribution < 1.29 is 8.83 Å². The molecule has 0 fully saturated rings. The van der Waals surface area contributed by atoms with Crippen molar-refractivity contribution in [3.63, 3.8) is 0 Å².